The van der Waals surface area contributed by atoms with Crippen molar-refractivity contribution < 1.29 is 14.4 Å². The van der Waals surface area contributed by atoms with Crippen LogP contribution in [-0.2, 0) is 20.8 Å². The summed E-state index contributed by atoms with van der Waals surface area (Å²) < 4.78 is 0. The Labute approximate surface area is 164 Å². The third kappa shape index (κ3) is 4.39. The van der Waals surface area contributed by atoms with Gasteiger partial charge in [-0.2, -0.15) is 0 Å². The first-order valence-electron chi connectivity index (χ1n) is 9.45. The Morgan fingerprint density at radius 1 is 1.14 bits per heavy atom. The fourth-order valence-corrected chi connectivity index (χ4v) is 3.39. The minimum atomic E-state index is -0.395. The van der Waals surface area contributed by atoms with Crippen molar-refractivity contribution in [2.75, 3.05) is 22.1 Å². The van der Waals surface area contributed by atoms with E-state index in [1.54, 1.807) is 17.0 Å². The Bertz CT molecular complexity index is 923. The van der Waals surface area contributed by atoms with E-state index < -0.39 is 5.92 Å². The second kappa shape index (κ2) is 8.25. The fourth-order valence-electron chi connectivity index (χ4n) is 3.39. The van der Waals surface area contributed by atoms with Crippen molar-refractivity contribution in [3.05, 3.63) is 53.6 Å². The molecule has 0 spiro atoms. The molecule has 2 N–H and O–H groups in total. The SMILES string of the molecule is CCc1cccc(N2C[C@H](C(=O)Nc3ccc(NC(C)=O)c(C)c3)CC2=O)c1. The van der Waals surface area contributed by atoms with E-state index in [2.05, 4.69) is 17.6 Å². The lowest BCUT2D eigenvalue weighted by atomic mass is 10.1. The van der Waals surface area contributed by atoms with Crippen LogP contribution in [0.15, 0.2) is 42.5 Å². The van der Waals surface area contributed by atoms with Crippen LogP contribution >= 0.6 is 0 Å². The maximum absolute atomic E-state index is 12.7. The lowest BCUT2D eigenvalue weighted by Crippen LogP contribution is -2.28. The van der Waals surface area contributed by atoms with Gasteiger partial charge in [0.05, 0.1) is 5.92 Å². The molecule has 3 rings (SSSR count). The Kier molecular flexibility index (Phi) is 5.78. The number of benzene rings is 2. The number of nitrogens with one attached hydrogen (secondary N) is 2. The molecule has 3 amide bonds. The highest BCUT2D eigenvalue weighted by Crippen LogP contribution is 2.27. The zero-order valence-electron chi connectivity index (χ0n) is 16.4. The zero-order valence-corrected chi connectivity index (χ0v) is 16.4. The van der Waals surface area contributed by atoms with Gasteiger partial charge in [-0.25, -0.2) is 0 Å². The molecule has 1 aliphatic rings. The van der Waals surface area contributed by atoms with Gasteiger partial charge in [-0.15, -0.1) is 0 Å². The van der Waals surface area contributed by atoms with Crippen molar-refractivity contribution in [1.82, 2.24) is 0 Å². The van der Waals surface area contributed by atoms with Crippen molar-refractivity contribution in [1.29, 1.82) is 0 Å². The quantitative estimate of drug-likeness (QED) is 0.834. The van der Waals surface area contributed by atoms with Gasteiger partial charge in [-0.3, -0.25) is 14.4 Å². The van der Waals surface area contributed by atoms with Gasteiger partial charge in [0, 0.05) is 37.0 Å². The first-order valence-corrected chi connectivity index (χ1v) is 9.45. The monoisotopic (exact) mass is 379 g/mol. The molecule has 1 aliphatic heterocycles. The molecule has 6 heteroatoms. The van der Waals surface area contributed by atoms with Crippen molar-refractivity contribution in [2.24, 2.45) is 5.92 Å². The van der Waals surface area contributed by atoms with E-state index in [-0.39, 0.29) is 24.1 Å². The van der Waals surface area contributed by atoms with E-state index >= 15 is 0 Å². The van der Waals surface area contributed by atoms with E-state index in [1.807, 2.05) is 37.3 Å². The zero-order chi connectivity index (χ0) is 20.3. The summed E-state index contributed by atoms with van der Waals surface area (Å²) >= 11 is 0. The topological polar surface area (TPSA) is 78.5 Å². The maximum atomic E-state index is 12.7. The molecule has 1 fully saturated rings. The van der Waals surface area contributed by atoms with E-state index in [0.29, 0.717) is 17.9 Å². The number of hydrogen-bond acceptors (Lipinski definition) is 3. The van der Waals surface area contributed by atoms with Crippen LogP contribution in [0.5, 0.6) is 0 Å². The van der Waals surface area contributed by atoms with E-state index in [1.165, 1.54) is 6.92 Å². The molecule has 2 aromatic carbocycles. The van der Waals surface area contributed by atoms with Gasteiger partial charge < -0.3 is 15.5 Å². The average molecular weight is 379 g/mol. The van der Waals surface area contributed by atoms with Gasteiger partial charge in [0.25, 0.3) is 0 Å². The first kappa shape index (κ1) is 19.6. The Hall–Kier alpha value is -3.15. The number of hydrogen-bond donors (Lipinski definition) is 2. The number of anilines is 3. The van der Waals surface area contributed by atoms with E-state index in [9.17, 15) is 14.4 Å². The summed E-state index contributed by atoms with van der Waals surface area (Å²) in [7, 11) is 0. The fraction of sp³-hybridized carbons (Fsp3) is 0.318. The van der Waals surface area contributed by atoms with Crippen molar-refractivity contribution >= 4 is 34.8 Å². The molecule has 1 atom stereocenters. The van der Waals surface area contributed by atoms with Crippen molar-refractivity contribution in [3.63, 3.8) is 0 Å². The van der Waals surface area contributed by atoms with Gasteiger partial charge in [0.1, 0.15) is 0 Å². The number of rotatable bonds is 5. The summed E-state index contributed by atoms with van der Waals surface area (Å²) in [6, 6.07) is 13.2. The maximum Gasteiger partial charge on any atom is 0.229 e. The van der Waals surface area contributed by atoms with Crippen LogP contribution in [0.1, 0.15) is 31.4 Å². The molecule has 1 heterocycles. The summed E-state index contributed by atoms with van der Waals surface area (Å²) in [6.07, 6.45) is 1.10. The average Bonchev–Trinajstić information content (AvgIpc) is 3.05. The largest absolute Gasteiger partial charge is 0.326 e. The third-order valence-corrected chi connectivity index (χ3v) is 4.93. The molecule has 146 valence electrons. The van der Waals surface area contributed by atoms with Gasteiger partial charge in [-0.1, -0.05) is 19.1 Å². The molecule has 28 heavy (non-hydrogen) atoms. The molecular formula is C22H25N3O3. The van der Waals surface area contributed by atoms with E-state index in [0.717, 1.165) is 23.2 Å². The highest BCUT2D eigenvalue weighted by atomic mass is 16.2. The lowest BCUT2D eigenvalue weighted by Gasteiger charge is -2.17. The standard InChI is InChI=1S/C22H25N3O3/c1-4-16-6-5-7-19(11-16)25-13-17(12-21(25)27)22(28)24-18-8-9-20(14(2)10-18)23-15(3)26/h5-11,17H,4,12-13H2,1-3H3,(H,23,26)(H,24,28)/t17-/m1/s1. The summed E-state index contributed by atoms with van der Waals surface area (Å²) in [6.45, 7) is 5.76. The van der Waals surface area contributed by atoms with Crippen LogP contribution in [0.4, 0.5) is 17.1 Å². The first-order chi connectivity index (χ1) is 13.4. The van der Waals surface area contributed by atoms with Crippen LogP contribution in [0.2, 0.25) is 0 Å². The van der Waals surface area contributed by atoms with Crippen LogP contribution < -0.4 is 15.5 Å². The Morgan fingerprint density at radius 2 is 1.93 bits per heavy atom. The molecule has 0 aliphatic carbocycles. The lowest BCUT2D eigenvalue weighted by molar-refractivity contribution is -0.122. The molecule has 1 saturated heterocycles. The minimum Gasteiger partial charge on any atom is -0.326 e. The van der Waals surface area contributed by atoms with Gasteiger partial charge >= 0.3 is 0 Å². The predicted molar refractivity (Wildman–Crippen MR) is 110 cm³/mol. The highest BCUT2D eigenvalue weighted by Gasteiger charge is 2.35. The number of aryl methyl sites for hydroxylation is 2. The normalized spacial score (nSPS) is 16.2. The minimum absolute atomic E-state index is 0.0365. The van der Waals surface area contributed by atoms with Gasteiger partial charge in [0.15, 0.2) is 0 Å². The predicted octanol–water partition coefficient (Wildman–Crippen LogP) is 3.51. The number of nitrogens with zero attached hydrogens (tertiary/aromatic N) is 1. The third-order valence-electron chi connectivity index (χ3n) is 4.93. The highest BCUT2D eigenvalue weighted by molar-refractivity contribution is 6.03. The van der Waals surface area contributed by atoms with Crippen molar-refractivity contribution in [3.8, 4) is 0 Å². The summed E-state index contributed by atoms with van der Waals surface area (Å²) in [5, 5.41) is 5.63. The number of amides is 3. The van der Waals surface area contributed by atoms with Crippen LogP contribution in [0.25, 0.3) is 0 Å². The summed E-state index contributed by atoms with van der Waals surface area (Å²) in [4.78, 5) is 38.0. The number of carbonyl (C=O) groups excluding carboxylic acids is 3. The van der Waals surface area contributed by atoms with Crippen LogP contribution in [0, 0.1) is 12.8 Å². The molecule has 0 aromatic heterocycles. The van der Waals surface area contributed by atoms with E-state index in [4.69, 9.17) is 0 Å². The van der Waals surface area contributed by atoms with Crippen molar-refractivity contribution in [2.45, 2.75) is 33.6 Å². The molecule has 6 nitrogen and oxygen atoms in total. The molecule has 2 aromatic rings. The smallest absolute Gasteiger partial charge is 0.229 e. The molecule has 0 saturated carbocycles. The number of carbonyl (C=O) groups is 3. The second-order valence-corrected chi connectivity index (χ2v) is 7.13. The summed E-state index contributed by atoms with van der Waals surface area (Å²) in [5.41, 5.74) is 4.22. The molecule has 0 unspecified atom stereocenters. The second-order valence-electron chi connectivity index (χ2n) is 7.13. The van der Waals surface area contributed by atoms with Gasteiger partial charge in [-0.05, 0) is 54.8 Å². The molecule has 0 bridgehead atoms. The van der Waals surface area contributed by atoms with Crippen LogP contribution in [-0.4, -0.2) is 24.3 Å². The summed E-state index contributed by atoms with van der Waals surface area (Å²) in [5.74, 6) is -0.746. The Morgan fingerprint density at radius 3 is 2.61 bits per heavy atom. The van der Waals surface area contributed by atoms with Gasteiger partial charge in [0.2, 0.25) is 17.7 Å². The van der Waals surface area contributed by atoms with Crippen LogP contribution in [0.3, 0.4) is 0 Å². The Balaban J connectivity index is 1.67. The molecule has 0 radical (unpaired) electrons. The molecular weight excluding hydrogens is 354 g/mol.